The van der Waals surface area contributed by atoms with Crippen molar-refractivity contribution in [2.75, 3.05) is 17.1 Å². The second-order valence-corrected chi connectivity index (χ2v) is 6.72. The van der Waals surface area contributed by atoms with Crippen LogP contribution in [0.5, 0.6) is 11.5 Å². The van der Waals surface area contributed by atoms with Gasteiger partial charge in [-0.25, -0.2) is 8.42 Å². The zero-order chi connectivity index (χ0) is 16.6. The van der Waals surface area contributed by atoms with Gasteiger partial charge in [-0.2, -0.15) is 0 Å². The van der Waals surface area contributed by atoms with E-state index in [1.807, 2.05) is 0 Å². The molecule has 0 spiro atoms. The van der Waals surface area contributed by atoms with Crippen LogP contribution in [0.15, 0.2) is 41.3 Å². The van der Waals surface area contributed by atoms with Crippen LogP contribution in [0.2, 0.25) is 0 Å². The zero-order valence-electron chi connectivity index (χ0n) is 12.2. The zero-order valence-corrected chi connectivity index (χ0v) is 13.0. The number of phenolic OH excluding ortho intramolecular Hbond substituents is 1. The molecule has 3 rings (SSSR count). The van der Waals surface area contributed by atoms with Gasteiger partial charge in [0.2, 0.25) is 5.91 Å². The summed E-state index contributed by atoms with van der Waals surface area (Å²) in [4.78, 5) is 11.4. The monoisotopic (exact) mass is 334 g/mol. The van der Waals surface area contributed by atoms with Gasteiger partial charge >= 0.3 is 0 Å². The number of carbonyl (C=O) groups excluding carboxylic acids is 1. The first-order chi connectivity index (χ1) is 10.9. The molecule has 1 aliphatic heterocycles. The normalized spacial score (nSPS) is 13.3. The Bertz CT molecular complexity index is 893. The molecule has 0 atom stereocenters. The lowest BCUT2D eigenvalue weighted by molar-refractivity contribution is -0.115. The third-order valence-corrected chi connectivity index (χ3v) is 4.82. The summed E-state index contributed by atoms with van der Waals surface area (Å²) in [5, 5.41) is 12.4. The molecule has 23 heavy (non-hydrogen) atoms. The lowest BCUT2D eigenvalue weighted by Crippen LogP contribution is -2.13. The fourth-order valence-electron chi connectivity index (χ4n) is 2.34. The molecule has 0 aromatic heterocycles. The molecule has 8 heteroatoms. The Labute approximate surface area is 133 Å². The van der Waals surface area contributed by atoms with Crippen molar-refractivity contribution in [1.82, 2.24) is 0 Å². The van der Waals surface area contributed by atoms with E-state index in [0.717, 1.165) is 0 Å². The van der Waals surface area contributed by atoms with Crippen LogP contribution in [0.3, 0.4) is 0 Å². The van der Waals surface area contributed by atoms with E-state index >= 15 is 0 Å². The number of benzene rings is 2. The fraction of sp³-hybridized carbons (Fsp3) is 0.133. The fourth-order valence-corrected chi connectivity index (χ4v) is 3.44. The number of ether oxygens (including phenoxy) is 1. The minimum atomic E-state index is -3.83. The van der Waals surface area contributed by atoms with E-state index in [1.165, 1.54) is 37.4 Å². The smallest absolute Gasteiger partial charge is 0.261 e. The number of carbonyl (C=O) groups is 1. The molecule has 0 fully saturated rings. The quantitative estimate of drug-likeness (QED) is 0.789. The van der Waals surface area contributed by atoms with Crippen molar-refractivity contribution in [1.29, 1.82) is 0 Å². The lowest BCUT2D eigenvalue weighted by atomic mass is 10.2. The molecule has 2 aromatic rings. The molecule has 1 heterocycles. The molecule has 0 saturated carbocycles. The van der Waals surface area contributed by atoms with E-state index in [2.05, 4.69) is 10.0 Å². The number of hydrogen-bond acceptors (Lipinski definition) is 5. The Morgan fingerprint density at radius 1 is 1.22 bits per heavy atom. The number of rotatable bonds is 4. The molecule has 7 nitrogen and oxygen atoms in total. The van der Waals surface area contributed by atoms with E-state index < -0.39 is 10.0 Å². The van der Waals surface area contributed by atoms with E-state index in [-0.39, 0.29) is 34.4 Å². The first-order valence-electron chi connectivity index (χ1n) is 6.71. The highest BCUT2D eigenvalue weighted by molar-refractivity contribution is 7.92. The second kappa shape index (κ2) is 5.47. The standard InChI is InChI=1S/C15H14N2O5S/c1-22-14-5-2-10(8-13(14)18)17-23(20,21)11-3-4-12-9(6-11)7-15(19)16-12/h2-6,8,17-18H,7H2,1H3,(H,16,19). The number of aromatic hydroxyl groups is 1. The van der Waals surface area contributed by atoms with Crippen LogP contribution in [-0.4, -0.2) is 26.5 Å². The van der Waals surface area contributed by atoms with Crippen molar-refractivity contribution in [2.45, 2.75) is 11.3 Å². The summed E-state index contributed by atoms with van der Waals surface area (Å²) in [5.41, 5.74) is 1.46. The summed E-state index contributed by atoms with van der Waals surface area (Å²) >= 11 is 0. The van der Waals surface area contributed by atoms with Crippen molar-refractivity contribution in [2.24, 2.45) is 0 Å². The largest absolute Gasteiger partial charge is 0.504 e. The van der Waals surface area contributed by atoms with Crippen LogP contribution < -0.4 is 14.8 Å². The van der Waals surface area contributed by atoms with E-state index in [9.17, 15) is 18.3 Å². The highest BCUT2D eigenvalue weighted by Gasteiger charge is 2.22. The predicted octanol–water partition coefficient (Wildman–Crippen LogP) is 1.70. The average molecular weight is 334 g/mol. The van der Waals surface area contributed by atoms with Gasteiger partial charge in [0.05, 0.1) is 24.1 Å². The topological polar surface area (TPSA) is 105 Å². The Balaban J connectivity index is 1.89. The van der Waals surface area contributed by atoms with Gasteiger partial charge in [0.25, 0.3) is 10.0 Å². The Hall–Kier alpha value is -2.74. The third-order valence-electron chi connectivity index (χ3n) is 3.44. The molecule has 1 amide bonds. The molecule has 3 N–H and O–H groups in total. The molecule has 0 unspecified atom stereocenters. The maximum atomic E-state index is 12.4. The lowest BCUT2D eigenvalue weighted by Gasteiger charge is -2.11. The molecule has 0 bridgehead atoms. The summed E-state index contributed by atoms with van der Waals surface area (Å²) in [7, 11) is -2.43. The third kappa shape index (κ3) is 2.93. The van der Waals surface area contributed by atoms with Crippen molar-refractivity contribution in [3.05, 3.63) is 42.0 Å². The highest BCUT2D eigenvalue weighted by Crippen LogP contribution is 2.30. The van der Waals surface area contributed by atoms with E-state index in [1.54, 1.807) is 6.07 Å². The summed E-state index contributed by atoms with van der Waals surface area (Å²) in [5.74, 6) is -0.0888. The number of phenols is 1. The van der Waals surface area contributed by atoms with Crippen molar-refractivity contribution < 1.29 is 23.1 Å². The molecule has 2 aromatic carbocycles. The molecular weight excluding hydrogens is 320 g/mol. The summed E-state index contributed by atoms with van der Waals surface area (Å²) in [6, 6.07) is 8.62. The minimum Gasteiger partial charge on any atom is -0.504 e. The molecule has 1 aliphatic rings. The minimum absolute atomic E-state index is 0.0445. The van der Waals surface area contributed by atoms with Gasteiger partial charge in [-0.3, -0.25) is 9.52 Å². The van der Waals surface area contributed by atoms with E-state index in [0.29, 0.717) is 11.3 Å². The Morgan fingerprint density at radius 2 is 2.00 bits per heavy atom. The first-order valence-corrected chi connectivity index (χ1v) is 8.20. The van der Waals surface area contributed by atoms with Crippen LogP contribution >= 0.6 is 0 Å². The molecular formula is C15H14N2O5S. The number of hydrogen-bond donors (Lipinski definition) is 3. The van der Waals surface area contributed by atoms with Crippen molar-refractivity contribution >= 4 is 27.3 Å². The maximum absolute atomic E-state index is 12.4. The Kier molecular flexibility index (Phi) is 3.61. The average Bonchev–Trinajstić information content (AvgIpc) is 2.86. The van der Waals surface area contributed by atoms with Gasteiger partial charge in [0.1, 0.15) is 0 Å². The maximum Gasteiger partial charge on any atom is 0.261 e. The Morgan fingerprint density at radius 3 is 2.70 bits per heavy atom. The van der Waals surface area contributed by atoms with Gasteiger partial charge in [-0.15, -0.1) is 0 Å². The van der Waals surface area contributed by atoms with E-state index in [4.69, 9.17) is 4.74 Å². The summed E-state index contributed by atoms with van der Waals surface area (Å²) < 4.78 is 32.1. The van der Waals surface area contributed by atoms with Gasteiger partial charge in [0.15, 0.2) is 11.5 Å². The number of anilines is 2. The first kappa shape index (κ1) is 15.2. The van der Waals surface area contributed by atoms with Crippen LogP contribution in [0.4, 0.5) is 11.4 Å². The van der Waals surface area contributed by atoms with Crippen LogP contribution in [0, 0.1) is 0 Å². The van der Waals surface area contributed by atoms with Crippen molar-refractivity contribution in [3.8, 4) is 11.5 Å². The second-order valence-electron chi connectivity index (χ2n) is 5.04. The van der Waals surface area contributed by atoms with Crippen LogP contribution in [0.25, 0.3) is 0 Å². The van der Waals surface area contributed by atoms with Crippen LogP contribution in [-0.2, 0) is 21.2 Å². The summed E-state index contributed by atoms with van der Waals surface area (Å²) in [6.07, 6.45) is 0.155. The predicted molar refractivity (Wildman–Crippen MR) is 84.2 cm³/mol. The van der Waals surface area contributed by atoms with Gasteiger partial charge in [-0.1, -0.05) is 0 Å². The number of amides is 1. The molecule has 0 saturated heterocycles. The van der Waals surface area contributed by atoms with Gasteiger partial charge < -0.3 is 15.2 Å². The van der Waals surface area contributed by atoms with Crippen LogP contribution in [0.1, 0.15) is 5.56 Å². The summed E-state index contributed by atoms with van der Waals surface area (Å²) in [6.45, 7) is 0. The number of sulfonamides is 1. The number of methoxy groups -OCH3 is 1. The molecule has 0 aliphatic carbocycles. The molecule has 120 valence electrons. The highest BCUT2D eigenvalue weighted by atomic mass is 32.2. The SMILES string of the molecule is COc1ccc(NS(=O)(=O)c2ccc3c(c2)CC(=O)N3)cc1O. The molecule has 0 radical (unpaired) electrons. The number of nitrogens with one attached hydrogen (secondary N) is 2. The van der Waals surface area contributed by atoms with Gasteiger partial charge in [-0.05, 0) is 35.9 Å². The van der Waals surface area contributed by atoms with Gasteiger partial charge in [0, 0.05) is 11.8 Å². The van der Waals surface area contributed by atoms with Crippen molar-refractivity contribution in [3.63, 3.8) is 0 Å². The number of fused-ring (bicyclic) bond motifs is 1.